The van der Waals surface area contributed by atoms with E-state index in [1.165, 1.54) is 0 Å². The molecule has 2 atom stereocenters. The van der Waals surface area contributed by atoms with Gasteiger partial charge < -0.3 is 16.6 Å². The van der Waals surface area contributed by atoms with Gasteiger partial charge in [-0.2, -0.15) is 8.42 Å². The number of unbranched alkanes of at least 4 members (excludes halogenated alkanes) is 6. The Morgan fingerprint density at radius 3 is 2.14 bits per heavy atom. The Labute approximate surface area is 189 Å². The molecule has 0 bridgehead atoms. The van der Waals surface area contributed by atoms with E-state index in [0.29, 0.717) is 6.42 Å². The van der Waals surface area contributed by atoms with E-state index in [4.69, 9.17) is 9.66 Å². The molecular weight excluding hydrogens is 401 g/mol. The van der Waals surface area contributed by atoms with Crippen LogP contribution in [-0.4, -0.2) is 47.4 Å². The van der Waals surface area contributed by atoms with Crippen LogP contribution < -0.4 is 34.9 Å². The summed E-state index contributed by atoms with van der Waals surface area (Å²) < 4.78 is 36.0. The summed E-state index contributed by atoms with van der Waals surface area (Å²) >= 11 is 0. The number of carbonyl (C=O) groups is 3. The molecule has 0 heterocycles. The molecule has 0 aliphatic heterocycles. The molecule has 0 saturated heterocycles. The third-order valence-corrected chi connectivity index (χ3v) is 4.72. The van der Waals surface area contributed by atoms with Crippen molar-refractivity contribution in [1.82, 2.24) is 5.32 Å². The number of aliphatic hydroxyl groups excluding tert-OH is 1. The third-order valence-electron chi connectivity index (χ3n) is 3.62. The molecule has 0 aromatic carbocycles. The predicted molar refractivity (Wildman–Crippen MR) is 99.1 cm³/mol. The molecule has 2 unspecified atom stereocenters. The van der Waals surface area contributed by atoms with Crippen molar-refractivity contribution in [3.8, 4) is 0 Å². The summed E-state index contributed by atoms with van der Waals surface area (Å²) in [6.07, 6.45) is 5.90. The Kier molecular flexibility index (Phi) is 16.9. The van der Waals surface area contributed by atoms with E-state index in [1.54, 1.807) is 0 Å². The van der Waals surface area contributed by atoms with Gasteiger partial charge in [-0.25, -0.2) is 0 Å². The quantitative estimate of drug-likeness (QED) is 0.0578. The van der Waals surface area contributed by atoms with Crippen LogP contribution in [0.4, 0.5) is 0 Å². The van der Waals surface area contributed by atoms with E-state index >= 15 is 0 Å². The fourth-order valence-corrected chi connectivity index (χ4v) is 2.95. The normalized spacial score (nSPS) is 13.0. The third kappa shape index (κ3) is 15.2. The second-order valence-electron chi connectivity index (χ2n) is 6.19. The summed E-state index contributed by atoms with van der Waals surface area (Å²) in [5, 5.41) is 8.73. The van der Waals surface area contributed by atoms with E-state index in [9.17, 15) is 22.8 Å². The van der Waals surface area contributed by atoms with E-state index < -0.39 is 45.9 Å². The molecule has 11 heteroatoms. The first-order chi connectivity index (χ1) is 12.6. The Bertz CT molecular complexity index is 613. The number of rotatable bonds is 14. The topological polar surface area (TPSA) is 147 Å². The van der Waals surface area contributed by atoms with Gasteiger partial charge in [0, 0.05) is 6.42 Å². The van der Waals surface area contributed by atoms with Crippen LogP contribution in [0.25, 0.3) is 0 Å². The van der Waals surface area contributed by atoms with Crippen molar-refractivity contribution in [2.24, 2.45) is 0 Å². The van der Waals surface area contributed by atoms with E-state index in [-0.39, 0.29) is 37.4 Å². The van der Waals surface area contributed by atoms with Crippen molar-refractivity contribution in [1.29, 1.82) is 0 Å². The average molecular weight is 431 g/mol. The van der Waals surface area contributed by atoms with Crippen molar-refractivity contribution < 1.29 is 68.2 Å². The second-order valence-corrected chi connectivity index (χ2v) is 7.79. The molecule has 0 spiro atoms. The molecule has 9 nitrogen and oxygen atoms in total. The average Bonchev–Trinajstić information content (AvgIpc) is 2.53. The number of amides is 1. The molecule has 0 fully saturated rings. The number of hydrogen-bond acceptors (Lipinski definition) is 7. The first kappa shape index (κ1) is 29.4. The van der Waals surface area contributed by atoms with Crippen LogP contribution in [0, 0.1) is 0 Å². The maximum absolute atomic E-state index is 11.7. The van der Waals surface area contributed by atoms with Crippen LogP contribution in [0.5, 0.6) is 0 Å². The van der Waals surface area contributed by atoms with Gasteiger partial charge in [0.2, 0.25) is 5.91 Å². The summed E-state index contributed by atoms with van der Waals surface area (Å²) in [6, 6.07) is 0. The molecule has 158 valence electrons. The molecule has 0 aliphatic carbocycles. The monoisotopic (exact) mass is 431 g/mol. The Morgan fingerprint density at radius 1 is 1.11 bits per heavy atom. The molecule has 0 aromatic heterocycles. The Balaban J connectivity index is -0.00000338. The van der Waals surface area contributed by atoms with Gasteiger partial charge in [0.25, 0.3) is 10.1 Å². The fraction of sp³-hybridized carbons (Fsp3) is 0.706. The van der Waals surface area contributed by atoms with Crippen LogP contribution in [0.15, 0.2) is 12.7 Å². The van der Waals surface area contributed by atoms with Crippen LogP contribution in [0.2, 0.25) is 0 Å². The van der Waals surface area contributed by atoms with Crippen molar-refractivity contribution >= 4 is 28.0 Å². The van der Waals surface area contributed by atoms with Gasteiger partial charge in [0.15, 0.2) is 5.25 Å². The number of carbonyl (C=O) groups excluding carboxylic acids is 3. The fourth-order valence-electron chi connectivity index (χ4n) is 2.27. The van der Waals surface area contributed by atoms with E-state index in [2.05, 4.69) is 11.3 Å². The number of allylic oxidation sites excluding steroid dienone is 1. The Hall–Kier alpha value is -0.780. The molecule has 0 aliphatic rings. The van der Waals surface area contributed by atoms with E-state index in [0.717, 1.165) is 45.4 Å². The largest absolute Gasteiger partial charge is 1.00 e. The summed E-state index contributed by atoms with van der Waals surface area (Å²) in [4.78, 5) is 34.9. The van der Waals surface area contributed by atoms with Crippen LogP contribution >= 0.6 is 0 Å². The standard InChI is InChI=1S/C17H29NO8S.Na.H/c1-3-4-5-6-7-8-9-10-11-15(20)26-16(21)12-14(27(23,24)25)17(22)18-13(2)19;;/h3,13-14,19H,1,4-12H2,2H3,(H,18,22)(H,23,24,25);;/q;+1;-1. The van der Waals surface area contributed by atoms with Gasteiger partial charge in [0.05, 0.1) is 6.42 Å². The minimum atomic E-state index is -4.92. The zero-order chi connectivity index (χ0) is 20.9. The van der Waals surface area contributed by atoms with Gasteiger partial charge in [-0.15, -0.1) is 6.58 Å². The zero-order valence-electron chi connectivity index (χ0n) is 17.6. The van der Waals surface area contributed by atoms with E-state index in [1.807, 2.05) is 11.4 Å². The van der Waals surface area contributed by atoms with Gasteiger partial charge in [-0.1, -0.05) is 31.8 Å². The van der Waals surface area contributed by atoms with Crippen molar-refractivity contribution in [2.45, 2.75) is 76.2 Å². The minimum absolute atomic E-state index is 0. The summed E-state index contributed by atoms with van der Waals surface area (Å²) in [5.74, 6) is -3.34. The summed E-state index contributed by atoms with van der Waals surface area (Å²) in [7, 11) is -4.92. The molecular formula is C17H30NNaO8S. The number of esters is 2. The number of aliphatic hydroxyl groups is 1. The van der Waals surface area contributed by atoms with Crippen molar-refractivity contribution in [3.05, 3.63) is 12.7 Å². The maximum Gasteiger partial charge on any atom is 1.00 e. The summed E-state index contributed by atoms with van der Waals surface area (Å²) in [5.41, 5.74) is 0. The molecule has 3 N–H and O–H groups in total. The number of hydrogen-bond donors (Lipinski definition) is 3. The smallest absolute Gasteiger partial charge is 1.00 e. The first-order valence-electron chi connectivity index (χ1n) is 8.87. The molecule has 0 rings (SSSR count). The molecule has 0 aromatic rings. The predicted octanol–water partition coefficient (Wildman–Crippen LogP) is -1.42. The SMILES string of the molecule is C=CCCCCCCCCC(=O)OC(=O)CC(C(=O)NC(C)O)S(=O)(=O)O.[H-].[Na+]. The van der Waals surface area contributed by atoms with Gasteiger partial charge >= 0.3 is 41.5 Å². The van der Waals surface area contributed by atoms with Crippen molar-refractivity contribution in [2.75, 3.05) is 0 Å². The zero-order valence-corrected chi connectivity index (χ0v) is 19.4. The number of ether oxygens (including phenoxy) is 1. The van der Waals surface area contributed by atoms with Crippen LogP contribution in [0.1, 0.15) is 66.1 Å². The van der Waals surface area contributed by atoms with Gasteiger partial charge in [0.1, 0.15) is 6.23 Å². The number of nitrogens with one attached hydrogen (secondary N) is 1. The summed E-state index contributed by atoms with van der Waals surface area (Å²) in [6.45, 7) is 4.80. The van der Waals surface area contributed by atoms with Crippen LogP contribution in [0.3, 0.4) is 0 Å². The van der Waals surface area contributed by atoms with Gasteiger partial charge in [-0.05, 0) is 26.2 Å². The molecule has 1 amide bonds. The van der Waals surface area contributed by atoms with Crippen LogP contribution in [-0.2, 0) is 29.2 Å². The maximum atomic E-state index is 11.7. The first-order valence-corrected chi connectivity index (χ1v) is 10.4. The second kappa shape index (κ2) is 16.1. The Morgan fingerprint density at radius 2 is 1.64 bits per heavy atom. The minimum Gasteiger partial charge on any atom is -1.00 e. The molecule has 0 radical (unpaired) electrons. The molecule has 28 heavy (non-hydrogen) atoms. The van der Waals surface area contributed by atoms with Gasteiger partial charge in [-0.3, -0.25) is 18.9 Å². The molecule has 0 saturated carbocycles. The van der Waals surface area contributed by atoms with Crippen molar-refractivity contribution in [3.63, 3.8) is 0 Å².